The van der Waals surface area contributed by atoms with Crippen molar-refractivity contribution < 1.29 is 19.4 Å². The van der Waals surface area contributed by atoms with E-state index >= 15 is 0 Å². The zero-order valence-electron chi connectivity index (χ0n) is 12.8. The van der Waals surface area contributed by atoms with Gasteiger partial charge in [-0.15, -0.1) is 0 Å². The van der Waals surface area contributed by atoms with E-state index in [4.69, 9.17) is 9.47 Å². The number of rotatable bonds is 5. The molecule has 2 N–H and O–H groups in total. The van der Waals surface area contributed by atoms with Crippen LogP contribution in [-0.2, 0) is 11.2 Å². The van der Waals surface area contributed by atoms with E-state index in [-0.39, 0.29) is 18.1 Å². The van der Waals surface area contributed by atoms with Crippen LogP contribution < -0.4 is 14.8 Å². The number of hydrogen-bond acceptors (Lipinski definition) is 4. The first-order valence-electron chi connectivity index (χ1n) is 6.84. The Morgan fingerprint density at radius 2 is 1.91 bits per heavy atom. The molecule has 0 fully saturated rings. The lowest BCUT2D eigenvalue weighted by atomic mass is 10.1. The van der Waals surface area contributed by atoms with Crippen LogP contribution in [0, 0.1) is 6.92 Å². The van der Waals surface area contributed by atoms with E-state index in [9.17, 15) is 9.90 Å². The van der Waals surface area contributed by atoms with E-state index in [1.165, 1.54) is 0 Å². The van der Waals surface area contributed by atoms with E-state index in [1.54, 1.807) is 44.6 Å². The number of benzene rings is 2. The van der Waals surface area contributed by atoms with Gasteiger partial charge in [-0.25, -0.2) is 0 Å². The van der Waals surface area contributed by atoms with Crippen LogP contribution in [0.15, 0.2) is 36.4 Å². The van der Waals surface area contributed by atoms with Gasteiger partial charge in [-0.2, -0.15) is 0 Å². The SMILES string of the molecule is COc1ccc(OC)c(CC(=O)Nc2ccc(C)cc2O)c1. The Morgan fingerprint density at radius 1 is 1.14 bits per heavy atom. The van der Waals surface area contributed by atoms with Crippen molar-refractivity contribution in [1.82, 2.24) is 0 Å². The number of amides is 1. The summed E-state index contributed by atoms with van der Waals surface area (Å²) >= 11 is 0. The third-order valence-corrected chi connectivity index (χ3v) is 3.27. The van der Waals surface area contributed by atoms with Crippen LogP contribution >= 0.6 is 0 Å². The van der Waals surface area contributed by atoms with Crippen molar-refractivity contribution in [3.63, 3.8) is 0 Å². The Bertz CT molecular complexity index is 682. The zero-order valence-corrected chi connectivity index (χ0v) is 12.8. The highest BCUT2D eigenvalue weighted by molar-refractivity contribution is 5.94. The van der Waals surface area contributed by atoms with Crippen LogP contribution in [0.4, 0.5) is 5.69 Å². The van der Waals surface area contributed by atoms with Gasteiger partial charge in [0.15, 0.2) is 0 Å². The molecule has 0 aliphatic rings. The third-order valence-electron chi connectivity index (χ3n) is 3.27. The summed E-state index contributed by atoms with van der Waals surface area (Å²) < 4.78 is 10.4. The van der Waals surface area contributed by atoms with Crippen molar-refractivity contribution in [2.24, 2.45) is 0 Å². The normalized spacial score (nSPS) is 10.1. The standard InChI is InChI=1S/C17H19NO4/c1-11-4-6-14(15(19)8-11)18-17(20)10-12-9-13(21-2)5-7-16(12)22-3/h4-9,19H,10H2,1-3H3,(H,18,20). The molecule has 0 spiro atoms. The van der Waals surface area contributed by atoms with Gasteiger partial charge in [0.1, 0.15) is 17.2 Å². The second kappa shape index (κ2) is 6.85. The van der Waals surface area contributed by atoms with E-state index in [0.29, 0.717) is 22.7 Å². The van der Waals surface area contributed by atoms with Gasteiger partial charge in [0.05, 0.1) is 26.3 Å². The summed E-state index contributed by atoms with van der Waals surface area (Å²) in [5.74, 6) is 1.07. The Balaban J connectivity index is 2.14. The fourth-order valence-electron chi connectivity index (χ4n) is 2.13. The van der Waals surface area contributed by atoms with Crippen LogP contribution in [0.25, 0.3) is 0 Å². The molecule has 0 aliphatic heterocycles. The summed E-state index contributed by atoms with van der Waals surface area (Å²) in [4.78, 5) is 12.2. The lowest BCUT2D eigenvalue weighted by Gasteiger charge is -2.11. The molecule has 0 radical (unpaired) electrons. The Hall–Kier alpha value is -2.69. The Kier molecular flexibility index (Phi) is 4.88. The summed E-state index contributed by atoms with van der Waals surface area (Å²) in [5, 5.41) is 12.5. The largest absolute Gasteiger partial charge is 0.506 e. The number of carbonyl (C=O) groups is 1. The molecule has 2 aromatic carbocycles. The first-order chi connectivity index (χ1) is 10.5. The van der Waals surface area contributed by atoms with Gasteiger partial charge in [0, 0.05) is 5.56 Å². The first kappa shape index (κ1) is 15.7. The summed E-state index contributed by atoms with van der Waals surface area (Å²) in [6.07, 6.45) is 0.119. The molecule has 2 aromatic rings. The summed E-state index contributed by atoms with van der Waals surface area (Å²) in [6.45, 7) is 1.87. The maximum absolute atomic E-state index is 12.2. The number of aryl methyl sites for hydroxylation is 1. The molecule has 5 nitrogen and oxygen atoms in total. The number of aromatic hydroxyl groups is 1. The molecule has 0 saturated heterocycles. The van der Waals surface area contributed by atoms with Crippen LogP contribution in [0.3, 0.4) is 0 Å². The quantitative estimate of drug-likeness (QED) is 0.833. The molecule has 0 atom stereocenters. The molecule has 0 heterocycles. The van der Waals surface area contributed by atoms with Gasteiger partial charge in [0.2, 0.25) is 5.91 Å². The molecule has 1 amide bonds. The number of phenolic OH excluding ortho intramolecular Hbond substituents is 1. The number of nitrogens with one attached hydrogen (secondary N) is 1. The molecule has 2 rings (SSSR count). The lowest BCUT2D eigenvalue weighted by molar-refractivity contribution is -0.115. The minimum absolute atomic E-state index is 0.0472. The minimum Gasteiger partial charge on any atom is -0.506 e. The van der Waals surface area contributed by atoms with Gasteiger partial charge in [0.25, 0.3) is 0 Å². The van der Waals surface area contributed by atoms with E-state index in [2.05, 4.69) is 5.32 Å². The summed E-state index contributed by atoms with van der Waals surface area (Å²) in [6, 6.07) is 10.4. The smallest absolute Gasteiger partial charge is 0.229 e. The number of methoxy groups -OCH3 is 2. The molecule has 0 aliphatic carbocycles. The van der Waals surface area contributed by atoms with E-state index in [0.717, 1.165) is 5.56 Å². The Morgan fingerprint density at radius 3 is 2.55 bits per heavy atom. The number of ether oxygens (including phenoxy) is 2. The molecule has 0 saturated carbocycles. The van der Waals surface area contributed by atoms with Crippen molar-refractivity contribution in [2.75, 3.05) is 19.5 Å². The zero-order chi connectivity index (χ0) is 16.1. The minimum atomic E-state index is -0.245. The third kappa shape index (κ3) is 3.69. The van der Waals surface area contributed by atoms with Crippen LogP contribution in [0.1, 0.15) is 11.1 Å². The van der Waals surface area contributed by atoms with Crippen LogP contribution in [0.5, 0.6) is 17.2 Å². The number of hydrogen-bond donors (Lipinski definition) is 2. The van der Waals surface area contributed by atoms with Crippen molar-refractivity contribution in [2.45, 2.75) is 13.3 Å². The maximum atomic E-state index is 12.2. The van der Waals surface area contributed by atoms with Gasteiger partial charge in [-0.05, 0) is 42.8 Å². The average molecular weight is 301 g/mol. The van der Waals surface area contributed by atoms with Crippen molar-refractivity contribution in [1.29, 1.82) is 0 Å². The first-order valence-corrected chi connectivity index (χ1v) is 6.84. The molecular formula is C17H19NO4. The molecule has 0 unspecified atom stereocenters. The molecule has 5 heteroatoms. The van der Waals surface area contributed by atoms with Crippen molar-refractivity contribution in [3.05, 3.63) is 47.5 Å². The summed E-state index contributed by atoms with van der Waals surface area (Å²) in [7, 11) is 3.12. The number of carbonyl (C=O) groups excluding carboxylic acids is 1. The van der Waals surface area contributed by atoms with Crippen LogP contribution in [-0.4, -0.2) is 25.2 Å². The molecular weight excluding hydrogens is 282 g/mol. The maximum Gasteiger partial charge on any atom is 0.229 e. The average Bonchev–Trinajstić information content (AvgIpc) is 2.50. The predicted molar refractivity (Wildman–Crippen MR) is 84.7 cm³/mol. The summed E-state index contributed by atoms with van der Waals surface area (Å²) in [5.41, 5.74) is 2.02. The van der Waals surface area contributed by atoms with Gasteiger partial charge in [-0.3, -0.25) is 4.79 Å². The van der Waals surface area contributed by atoms with Crippen LogP contribution in [0.2, 0.25) is 0 Å². The fourth-order valence-corrected chi connectivity index (χ4v) is 2.13. The topological polar surface area (TPSA) is 67.8 Å². The highest BCUT2D eigenvalue weighted by Gasteiger charge is 2.12. The van der Waals surface area contributed by atoms with Gasteiger partial charge in [-0.1, -0.05) is 6.07 Å². The van der Waals surface area contributed by atoms with Crippen molar-refractivity contribution >= 4 is 11.6 Å². The molecule has 0 bridgehead atoms. The van der Waals surface area contributed by atoms with Gasteiger partial charge >= 0.3 is 0 Å². The highest BCUT2D eigenvalue weighted by Crippen LogP contribution is 2.26. The monoisotopic (exact) mass is 301 g/mol. The molecule has 116 valence electrons. The number of phenols is 1. The predicted octanol–water partition coefficient (Wildman–Crippen LogP) is 2.90. The second-order valence-corrected chi connectivity index (χ2v) is 4.92. The highest BCUT2D eigenvalue weighted by atomic mass is 16.5. The lowest BCUT2D eigenvalue weighted by Crippen LogP contribution is -2.15. The van der Waals surface area contributed by atoms with Crippen molar-refractivity contribution in [3.8, 4) is 17.2 Å². The van der Waals surface area contributed by atoms with E-state index in [1.807, 2.05) is 13.0 Å². The Labute approximate surface area is 129 Å². The molecule has 0 aromatic heterocycles. The van der Waals surface area contributed by atoms with E-state index < -0.39 is 0 Å². The molecule has 22 heavy (non-hydrogen) atoms. The number of anilines is 1. The fraction of sp³-hybridized carbons (Fsp3) is 0.235. The van der Waals surface area contributed by atoms with Gasteiger partial charge < -0.3 is 19.9 Å². The second-order valence-electron chi connectivity index (χ2n) is 4.92.